The largest absolute Gasteiger partial charge is 0.429 e. The molecule has 0 aromatic heterocycles. The molecule has 0 bridgehead atoms. The van der Waals surface area contributed by atoms with Crippen LogP contribution in [0.15, 0.2) is 46.0 Å². The van der Waals surface area contributed by atoms with Crippen molar-refractivity contribution in [1.82, 2.24) is 0 Å². The highest BCUT2D eigenvalue weighted by molar-refractivity contribution is 7.75. The number of rotatable bonds is 2. The Morgan fingerprint density at radius 1 is 0.800 bits per heavy atom. The first kappa shape index (κ1) is 16.9. The molecule has 5 aromatic carbocycles. The minimum absolute atomic E-state index is 0.405. The molecule has 0 radical (unpaired) electrons. The van der Waals surface area contributed by atoms with Crippen LogP contribution in [0.1, 0.15) is 17.2 Å². The Morgan fingerprint density at radius 3 is 2.43 bits per heavy atom. The van der Waals surface area contributed by atoms with Gasteiger partial charge in [-0.3, -0.25) is 9.59 Å². The van der Waals surface area contributed by atoms with Crippen molar-refractivity contribution in [2.24, 2.45) is 0 Å². The van der Waals surface area contributed by atoms with Crippen LogP contribution in [0.5, 0.6) is 0 Å². The first-order valence-corrected chi connectivity index (χ1v) is 10.3. The third-order valence-electron chi connectivity index (χ3n) is 6.75. The van der Waals surface area contributed by atoms with Crippen LogP contribution in [0, 0.1) is 0 Å². The van der Waals surface area contributed by atoms with Gasteiger partial charge in [-0.05, 0) is 63.1 Å². The summed E-state index contributed by atoms with van der Waals surface area (Å²) >= 11 is 8.22. The first-order valence-electron chi connectivity index (χ1n) is 9.57. The highest BCUT2D eigenvalue weighted by Gasteiger charge is 2.32. The van der Waals surface area contributed by atoms with E-state index in [1.807, 2.05) is 36.4 Å². The third-order valence-corrected chi connectivity index (χ3v) is 7.16. The van der Waals surface area contributed by atoms with Gasteiger partial charge in [-0.2, -0.15) is 0 Å². The molecule has 2 aliphatic rings. The monoisotopic (exact) mass is 428 g/mol. The maximum absolute atomic E-state index is 13.0. The van der Waals surface area contributed by atoms with Gasteiger partial charge in [0.15, 0.2) is 11.9 Å². The highest BCUT2D eigenvalue weighted by atomic mass is 32.1. The molecule has 0 saturated heterocycles. The summed E-state index contributed by atoms with van der Waals surface area (Å²) in [6, 6.07) is 11.8. The Bertz CT molecular complexity index is 1840. The molecule has 2 aliphatic carbocycles. The van der Waals surface area contributed by atoms with Crippen molar-refractivity contribution in [3.63, 3.8) is 0 Å². The summed E-state index contributed by atoms with van der Waals surface area (Å²) in [6.45, 7) is 0. The van der Waals surface area contributed by atoms with Gasteiger partial charge in [0, 0.05) is 39.9 Å². The zero-order chi connectivity index (χ0) is 20.3. The Balaban J connectivity index is 2.02. The van der Waals surface area contributed by atoms with E-state index in [1.54, 1.807) is 6.07 Å². The van der Waals surface area contributed by atoms with Crippen LogP contribution in [0.4, 0.5) is 0 Å². The lowest BCUT2D eigenvalue weighted by atomic mass is 9.79. The van der Waals surface area contributed by atoms with Gasteiger partial charge in [0.05, 0.1) is 0 Å². The van der Waals surface area contributed by atoms with E-state index in [2.05, 4.69) is 25.8 Å². The van der Waals surface area contributed by atoms with Gasteiger partial charge >= 0.3 is 0 Å². The van der Waals surface area contributed by atoms with Crippen LogP contribution < -0.4 is 21.3 Å². The van der Waals surface area contributed by atoms with Gasteiger partial charge in [0.2, 0.25) is 10.9 Å². The van der Waals surface area contributed by atoms with E-state index >= 15 is 0 Å². The normalized spacial score (nSPS) is 17.1. The second kappa shape index (κ2) is 5.46. The predicted octanol–water partition coefficient (Wildman–Crippen LogP) is 3.12. The summed E-state index contributed by atoms with van der Waals surface area (Å²) < 4.78 is 11.0. The van der Waals surface area contributed by atoms with E-state index in [0.717, 1.165) is 53.7 Å². The molecule has 0 spiro atoms. The van der Waals surface area contributed by atoms with Crippen molar-refractivity contribution in [1.29, 1.82) is 0 Å². The molecular weight excluding hydrogens is 416 g/mol. The van der Waals surface area contributed by atoms with E-state index in [-0.39, 0.29) is 0 Å². The molecule has 1 atom stereocenters. The van der Waals surface area contributed by atoms with Crippen LogP contribution in [-0.2, 0) is 14.8 Å². The molecule has 0 heterocycles. The summed E-state index contributed by atoms with van der Waals surface area (Å²) in [7, 11) is 0. The second-order valence-corrected chi connectivity index (χ2v) is 8.32. The van der Waals surface area contributed by atoms with Crippen LogP contribution in [0.2, 0.25) is 0 Å². The van der Waals surface area contributed by atoms with Crippen molar-refractivity contribution >= 4 is 80.7 Å². The highest BCUT2D eigenvalue weighted by Crippen LogP contribution is 2.46. The number of benzene rings is 5. The number of thiol groups is 2. The Morgan fingerprint density at radius 2 is 1.63 bits per heavy atom. The van der Waals surface area contributed by atoms with Gasteiger partial charge in [-0.25, -0.2) is 0 Å². The summed E-state index contributed by atoms with van der Waals surface area (Å²) in [5.41, 5.74) is 0.658. The molecule has 5 aromatic rings. The van der Waals surface area contributed by atoms with Gasteiger partial charge in [0.25, 0.3) is 0 Å². The summed E-state index contributed by atoms with van der Waals surface area (Å²) in [6.07, 6.45) is 1.95. The molecule has 7 rings (SSSR count). The van der Waals surface area contributed by atoms with Gasteiger partial charge in [0.1, 0.15) is 0 Å². The third kappa shape index (κ3) is 1.70. The van der Waals surface area contributed by atoms with Crippen molar-refractivity contribution in [3.05, 3.63) is 78.4 Å². The molecule has 144 valence electrons. The number of hydrogen-bond donors (Lipinski definition) is 2. The fourth-order valence-electron chi connectivity index (χ4n) is 5.58. The van der Waals surface area contributed by atoms with Crippen molar-refractivity contribution < 1.29 is 8.37 Å². The van der Waals surface area contributed by atoms with E-state index in [1.165, 1.54) is 0 Å². The average Bonchev–Trinajstić information content (AvgIpc) is 2.79. The molecular formula is C24H12O4S2. The summed E-state index contributed by atoms with van der Waals surface area (Å²) in [5, 5.41) is 9.19. The molecule has 4 nitrogen and oxygen atoms in total. The molecule has 30 heavy (non-hydrogen) atoms. The predicted molar refractivity (Wildman–Crippen MR) is 125 cm³/mol. The minimum Gasteiger partial charge on any atom is -0.429 e. The van der Waals surface area contributed by atoms with Crippen molar-refractivity contribution in [2.45, 2.75) is 12.5 Å². The lowest BCUT2D eigenvalue weighted by molar-refractivity contribution is 0.284. The maximum atomic E-state index is 13.0. The first-order chi connectivity index (χ1) is 14.7. The molecule has 0 fully saturated rings. The molecule has 6 heteroatoms. The van der Waals surface area contributed by atoms with E-state index < -0.39 is 17.0 Å². The second-order valence-electron chi connectivity index (χ2n) is 7.93. The Labute approximate surface area is 179 Å². The van der Waals surface area contributed by atoms with E-state index in [9.17, 15) is 9.59 Å². The Kier molecular flexibility index (Phi) is 3.08. The SMILES string of the molecule is O=c1c2c3c4c(ccc5c4c4c(ccc6ccc(c1=O)c3c64)C(OS)C=5OS)=CC2. The van der Waals surface area contributed by atoms with Gasteiger partial charge in [-0.15, -0.1) is 0 Å². The molecule has 0 amide bonds. The summed E-state index contributed by atoms with van der Waals surface area (Å²) in [4.78, 5) is 25.9. The standard InChI is InChI=1S/C24H12O4S2/c25-21-11-5-1-9-3-7-13-19-15(9)17(11)18-12(22(21)26)6-2-10-4-8-14(20(19)16(10)18)24(28-30)23(13)27-29/h1-5,7-8,23,29-30H,6H2. The lowest BCUT2D eigenvalue weighted by Gasteiger charge is -2.27. The fraction of sp³-hybridized carbons (Fsp3) is 0.0833. The summed E-state index contributed by atoms with van der Waals surface area (Å²) in [5.74, 6) is 0.559. The van der Waals surface area contributed by atoms with Crippen molar-refractivity contribution in [2.75, 3.05) is 0 Å². The lowest BCUT2D eigenvalue weighted by Crippen LogP contribution is -2.31. The van der Waals surface area contributed by atoms with E-state index in [0.29, 0.717) is 23.1 Å². The zero-order valence-corrected chi connectivity index (χ0v) is 17.1. The Hall–Kier alpha value is -2.80. The smallest absolute Gasteiger partial charge is 0.233 e. The van der Waals surface area contributed by atoms with Crippen molar-refractivity contribution in [3.8, 4) is 0 Å². The topological polar surface area (TPSA) is 52.6 Å². The molecule has 0 saturated carbocycles. The average molecular weight is 428 g/mol. The minimum atomic E-state index is -0.537. The fourth-order valence-corrected chi connectivity index (χ4v) is 5.99. The molecule has 0 aliphatic heterocycles. The molecule has 1 unspecified atom stereocenters. The number of hydrogen-bond acceptors (Lipinski definition) is 6. The van der Waals surface area contributed by atoms with Crippen LogP contribution in [-0.4, -0.2) is 0 Å². The maximum Gasteiger partial charge on any atom is 0.233 e. The van der Waals surface area contributed by atoms with Gasteiger partial charge < -0.3 is 8.37 Å². The van der Waals surface area contributed by atoms with Crippen LogP contribution in [0.25, 0.3) is 54.9 Å². The van der Waals surface area contributed by atoms with E-state index in [4.69, 9.17) is 8.37 Å². The zero-order valence-electron chi connectivity index (χ0n) is 15.4. The van der Waals surface area contributed by atoms with Crippen LogP contribution in [0.3, 0.4) is 0 Å². The quantitative estimate of drug-likeness (QED) is 0.149. The van der Waals surface area contributed by atoms with Gasteiger partial charge in [-0.1, -0.05) is 36.4 Å². The molecule has 0 N–H and O–H groups in total. The van der Waals surface area contributed by atoms with Crippen LogP contribution >= 0.6 is 25.8 Å².